The van der Waals surface area contributed by atoms with E-state index < -0.39 is 0 Å². The van der Waals surface area contributed by atoms with Gasteiger partial charge in [0.25, 0.3) is 0 Å². The summed E-state index contributed by atoms with van der Waals surface area (Å²) >= 11 is 1.44. The van der Waals surface area contributed by atoms with E-state index in [-0.39, 0.29) is 12.4 Å². The highest BCUT2D eigenvalue weighted by Gasteiger charge is 2.13. The zero-order chi connectivity index (χ0) is 17.2. The first-order chi connectivity index (χ1) is 12.2. The minimum atomic E-state index is -0.305. The summed E-state index contributed by atoms with van der Waals surface area (Å²) in [5.41, 5.74) is 0.974. The van der Waals surface area contributed by atoms with Gasteiger partial charge in [-0.3, -0.25) is 0 Å². The number of benzene rings is 2. The van der Waals surface area contributed by atoms with Crippen molar-refractivity contribution in [2.24, 2.45) is 0 Å². The number of rotatable bonds is 5. The van der Waals surface area contributed by atoms with Gasteiger partial charge in [-0.2, -0.15) is 9.61 Å². The Kier molecular flexibility index (Phi) is 4.02. The zero-order valence-electron chi connectivity index (χ0n) is 13.2. The van der Waals surface area contributed by atoms with E-state index in [2.05, 4.69) is 15.3 Å². The Morgan fingerprint density at radius 3 is 2.44 bits per heavy atom. The van der Waals surface area contributed by atoms with Crippen molar-refractivity contribution in [3.05, 3.63) is 60.2 Å². The lowest BCUT2D eigenvalue weighted by atomic mass is 10.2. The molecule has 25 heavy (non-hydrogen) atoms. The largest absolute Gasteiger partial charge is 0.497 e. The van der Waals surface area contributed by atoms with Gasteiger partial charge in [-0.15, -0.1) is 10.2 Å². The molecule has 0 spiro atoms. The van der Waals surface area contributed by atoms with Crippen LogP contribution in [-0.2, 0) is 6.61 Å². The molecule has 0 bridgehead atoms. The summed E-state index contributed by atoms with van der Waals surface area (Å²) in [6.45, 7) is 0.193. The van der Waals surface area contributed by atoms with E-state index in [0.717, 1.165) is 16.3 Å². The summed E-state index contributed by atoms with van der Waals surface area (Å²) in [6.07, 6.45) is 0. The molecular formula is C17H13FN4O2S. The summed E-state index contributed by atoms with van der Waals surface area (Å²) in [5, 5.41) is 13.6. The van der Waals surface area contributed by atoms with Gasteiger partial charge in [0.2, 0.25) is 4.96 Å². The fourth-order valence-electron chi connectivity index (χ4n) is 2.28. The second-order valence-corrected chi connectivity index (χ2v) is 6.14. The van der Waals surface area contributed by atoms with Crippen LogP contribution in [0.25, 0.3) is 15.5 Å². The number of ether oxygens (including phenoxy) is 2. The molecule has 0 saturated heterocycles. The molecule has 0 saturated carbocycles. The van der Waals surface area contributed by atoms with Crippen molar-refractivity contribution >= 4 is 16.3 Å². The van der Waals surface area contributed by atoms with Crippen molar-refractivity contribution < 1.29 is 13.9 Å². The minimum absolute atomic E-state index is 0.193. The van der Waals surface area contributed by atoms with Crippen LogP contribution in [0, 0.1) is 5.82 Å². The van der Waals surface area contributed by atoms with Crippen LogP contribution in [0.5, 0.6) is 11.5 Å². The minimum Gasteiger partial charge on any atom is -0.497 e. The van der Waals surface area contributed by atoms with Crippen LogP contribution in [0.3, 0.4) is 0 Å². The van der Waals surface area contributed by atoms with Crippen molar-refractivity contribution in [2.45, 2.75) is 6.61 Å². The molecule has 6 nitrogen and oxygen atoms in total. The molecular weight excluding hydrogens is 343 g/mol. The Hall–Kier alpha value is -3.00. The van der Waals surface area contributed by atoms with Crippen molar-refractivity contribution in [1.29, 1.82) is 0 Å². The highest BCUT2D eigenvalue weighted by Crippen LogP contribution is 2.27. The Labute approximate surface area is 146 Å². The molecule has 2 aromatic heterocycles. The van der Waals surface area contributed by atoms with Crippen LogP contribution in [-0.4, -0.2) is 26.9 Å². The fourth-order valence-corrected chi connectivity index (χ4v) is 3.14. The second-order valence-electron chi connectivity index (χ2n) is 5.19. The van der Waals surface area contributed by atoms with Crippen LogP contribution >= 0.6 is 11.3 Å². The standard InChI is InChI=1S/C17H13FN4O2S/c1-23-13-6-2-11(3-7-13)16-21-22-15(19-20-17(22)25-16)10-24-14-8-4-12(18)5-9-14/h2-9H,10H2,1H3. The maximum absolute atomic E-state index is 12.9. The summed E-state index contributed by atoms with van der Waals surface area (Å²) in [5.74, 6) is 1.63. The van der Waals surface area contributed by atoms with Crippen LogP contribution in [0.4, 0.5) is 4.39 Å². The molecule has 0 aliphatic rings. The van der Waals surface area contributed by atoms with E-state index in [9.17, 15) is 4.39 Å². The molecule has 0 fully saturated rings. The number of halogens is 1. The molecule has 0 N–H and O–H groups in total. The van der Waals surface area contributed by atoms with Crippen LogP contribution in [0.1, 0.15) is 5.82 Å². The molecule has 4 aromatic rings. The molecule has 0 aliphatic carbocycles. The normalized spacial score (nSPS) is 11.0. The number of fused-ring (bicyclic) bond motifs is 1. The van der Waals surface area contributed by atoms with Crippen LogP contribution < -0.4 is 9.47 Å². The molecule has 0 unspecified atom stereocenters. The maximum Gasteiger partial charge on any atom is 0.235 e. The van der Waals surface area contributed by atoms with Crippen molar-refractivity contribution in [3.63, 3.8) is 0 Å². The molecule has 2 heterocycles. The molecule has 0 amide bonds. The van der Waals surface area contributed by atoms with Gasteiger partial charge in [-0.1, -0.05) is 11.3 Å². The smallest absolute Gasteiger partial charge is 0.235 e. The summed E-state index contributed by atoms with van der Waals surface area (Å²) < 4.78 is 25.4. The van der Waals surface area contributed by atoms with Gasteiger partial charge < -0.3 is 9.47 Å². The van der Waals surface area contributed by atoms with E-state index in [1.807, 2.05) is 24.3 Å². The van der Waals surface area contributed by atoms with Gasteiger partial charge >= 0.3 is 0 Å². The summed E-state index contributed by atoms with van der Waals surface area (Å²) in [6, 6.07) is 13.5. The van der Waals surface area contributed by atoms with Crippen LogP contribution in [0.2, 0.25) is 0 Å². The second kappa shape index (κ2) is 6.48. The number of methoxy groups -OCH3 is 1. The van der Waals surface area contributed by atoms with Crippen molar-refractivity contribution in [2.75, 3.05) is 7.11 Å². The lowest BCUT2D eigenvalue weighted by Crippen LogP contribution is -2.02. The first-order valence-electron chi connectivity index (χ1n) is 7.47. The van der Waals surface area contributed by atoms with E-state index in [0.29, 0.717) is 16.5 Å². The number of aromatic nitrogens is 4. The third-order valence-electron chi connectivity index (χ3n) is 3.57. The average Bonchev–Trinajstić information content (AvgIpc) is 3.22. The Morgan fingerprint density at radius 2 is 1.72 bits per heavy atom. The maximum atomic E-state index is 12.9. The Balaban J connectivity index is 1.56. The fraction of sp³-hybridized carbons (Fsp3) is 0.118. The van der Waals surface area contributed by atoms with E-state index in [1.165, 1.54) is 23.5 Å². The highest BCUT2D eigenvalue weighted by atomic mass is 32.1. The Bertz CT molecular complexity index is 996. The Morgan fingerprint density at radius 1 is 1.00 bits per heavy atom. The zero-order valence-corrected chi connectivity index (χ0v) is 14.0. The SMILES string of the molecule is COc1ccc(-c2nn3c(COc4ccc(F)cc4)nnc3s2)cc1. The molecule has 4 rings (SSSR count). The molecule has 0 atom stereocenters. The molecule has 126 valence electrons. The monoisotopic (exact) mass is 356 g/mol. The van der Waals surface area contributed by atoms with Gasteiger partial charge in [-0.25, -0.2) is 4.39 Å². The average molecular weight is 356 g/mol. The van der Waals surface area contributed by atoms with Crippen molar-refractivity contribution in [3.8, 4) is 22.1 Å². The predicted octanol–water partition coefficient (Wildman–Crippen LogP) is 3.58. The van der Waals surface area contributed by atoms with Gasteiger partial charge in [0.05, 0.1) is 7.11 Å². The highest BCUT2D eigenvalue weighted by molar-refractivity contribution is 7.19. The first kappa shape index (κ1) is 15.5. The summed E-state index contributed by atoms with van der Waals surface area (Å²) in [7, 11) is 1.63. The van der Waals surface area contributed by atoms with E-state index >= 15 is 0 Å². The van der Waals surface area contributed by atoms with Gasteiger partial charge in [0.1, 0.15) is 28.9 Å². The topological polar surface area (TPSA) is 61.5 Å². The number of hydrogen-bond acceptors (Lipinski definition) is 6. The molecule has 2 aromatic carbocycles. The third-order valence-corrected chi connectivity index (χ3v) is 4.52. The molecule has 0 radical (unpaired) electrons. The van der Waals surface area contributed by atoms with Crippen LogP contribution in [0.15, 0.2) is 48.5 Å². The molecule has 0 aliphatic heterocycles. The number of nitrogens with zero attached hydrogens (tertiary/aromatic N) is 4. The number of hydrogen-bond donors (Lipinski definition) is 0. The lowest BCUT2D eigenvalue weighted by Gasteiger charge is -2.03. The van der Waals surface area contributed by atoms with Gasteiger partial charge in [0, 0.05) is 5.56 Å². The van der Waals surface area contributed by atoms with E-state index in [1.54, 1.807) is 23.8 Å². The van der Waals surface area contributed by atoms with Crippen molar-refractivity contribution in [1.82, 2.24) is 19.8 Å². The van der Waals surface area contributed by atoms with Gasteiger partial charge in [0.15, 0.2) is 5.82 Å². The van der Waals surface area contributed by atoms with Gasteiger partial charge in [-0.05, 0) is 48.5 Å². The quantitative estimate of drug-likeness (QED) is 0.547. The predicted molar refractivity (Wildman–Crippen MR) is 91.4 cm³/mol. The van der Waals surface area contributed by atoms with E-state index in [4.69, 9.17) is 9.47 Å². The summed E-state index contributed by atoms with van der Waals surface area (Å²) in [4.78, 5) is 0.684. The third kappa shape index (κ3) is 3.16. The first-order valence-corrected chi connectivity index (χ1v) is 8.28. The molecule has 8 heteroatoms. The lowest BCUT2D eigenvalue weighted by molar-refractivity contribution is 0.292.